The predicted molar refractivity (Wildman–Crippen MR) is 125 cm³/mol. The molecule has 3 N–H and O–H groups in total. The van der Waals surface area contributed by atoms with Crippen molar-refractivity contribution in [2.75, 3.05) is 26.8 Å². The molecule has 6 nitrogen and oxygen atoms in total. The molecule has 1 fully saturated rings. The van der Waals surface area contributed by atoms with Crippen molar-refractivity contribution < 1.29 is 9.53 Å². The van der Waals surface area contributed by atoms with E-state index < -0.39 is 0 Å². The van der Waals surface area contributed by atoms with E-state index in [0.29, 0.717) is 12.1 Å². The van der Waals surface area contributed by atoms with Gasteiger partial charge in [-0.3, -0.25) is 9.79 Å². The van der Waals surface area contributed by atoms with Crippen molar-refractivity contribution in [3.63, 3.8) is 0 Å². The highest BCUT2D eigenvalue weighted by atomic mass is 127. The summed E-state index contributed by atoms with van der Waals surface area (Å²) in [5.74, 6) is 1.57. The second-order valence-electron chi connectivity index (χ2n) is 7.20. The molecule has 1 unspecified atom stereocenters. The van der Waals surface area contributed by atoms with E-state index in [1.807, 2.05) is 31.2 Å². The number of benzene rings is 1. The molecule has 0 spiro atoms. The molecule has 0 heterocycles. The van der Waals surface area contributed by atoms with Gasteiger partial charge in [0, 0.05) is 45.0 Å². The van der Waals surface area contributed by atoms with Crippen LogP contribution in [0, 0.1) is 5.92 Å². The van der Waals surface area contributed by atoms with E-state index in [0.717, 1.165) is 50.0 Å². The lowest BCUT2D eigenvalue weighted by Gasteiger charge is -2.13. The van der Waals surface area contributed by atoms with Gasteiger partial charge in [-0.2, -0.15) is 0 Å². The number of hydrogen-bond donors (Lipinski definition) is 3. The number of nitrogens with one attached hydrogen (secondary N) is 3. The van der Waals surface area contributed by atoms with Crippen LogP contribution in [0.2, 0.25) is 0 Å². The van der Waals surface area contributed by atoms with Crippen molar-refractivity contribution in [1.82, 2.24) is 16.0 Å². The molecule has 28 heavy (non-hydrogen) atoms. The van der Waals surface area contributed by atoms with Crippen molar-refractivity contribution in [3.8, 4) is 0 Å². The smallest absolute Gasteiger partial charge is 0.251 e. The number of amides is 1. The van der Waals surface area contributed by atoms with Gasteiger partial charge in [-0.05, 0) is 56.2 Å². The van der Waals surface area contributed by atoms with Crippen LogP contribution >= 0.6 is 24.0 Å². The molecular weight excluding hydrogens is 467 g/mol. The second-order valence-corrected chi connectivity index (χ2v) is 7.20. The molecule has 1 aromatic carbocycles. The van der Waals surface area contributed by atoms with E-state index in [9.17, 15) is 4.79 Å². The molecule has 0 saturated heterocycles. The van der Waals surface area contributed by atoms with E-state index in [-0.39, 0.29) is 35.9 Å². The molecule has 0 aromatic heterocycles. The van der Waals surface area contributed by atoms with Gasteiger partial charge >= 0.3 is 0 Å². The third-order valence-electron chi connectivity index (χ3n) is 4.70. The van der Waals surface area contributed by atoms with Crippen LogP contribution in [0.4, 0.5) is 0 Å². The van der Waals surface area contributed by atoms with Crippen LogP contribution in [0.5, 0.6) is 0 Å². The number of ether oxygens (including phenoxy) is 1. The molecule has 1 amide bonds. The molecular formula is C21H35IN4O2. The molecule has 0 aliphatic heterocycles. The molecule has 0 radical (unpaired) electrons. The highest BCUT2D eigenvalue weighted by molar-refractivity contribution is 14.0. The van der Waals surface area contributed by atoms with Gasteiger partial charge in [-0.15, -0.1) is 24.0 Å². The maximum atomic E-state index is 12.1. The summed E-state index contributed by atoms with van der Waals surface area (Å²) in [6.45, 7) is 7.26. The summed E-state index contributed by atoms with van der Waals surface area (Å²) < 4.78 is 5.63. The third kappa shape index (κ3) is 9.73. The maximum Gasteiger partial charge on any atom is 0.251 e. The fourth-order valence-corrected chi connectivity index (χ4v) is 2.51. The topological polar surface area (TPSA) is 74.8 Å². The number of aliphatic imine (C=N–C) groups is 1. The van der Waals surface area contributed by atoms with Crippen LogP contribution < -0.4 is 16.0 Å². The monoisotopic (exact) mass is 502 g/mol. The molecule has 1 aliphatic rings. The van der Waals surface area contributed by atoms with Crippen LogP contribution in [-0.4, -0.2) is 44.7 Å². The number of nitrogens with zero attached hydrogens (tertiary/aromatic N) is 1. The Kier molecular flexibility index (Phi) is 12.1. The summed E-state index contributed by atoms with van der Waals surface area (Å²) >= 11 is 0. The standard InChI is InChI=1S/C21H34N4O2.HI/c1-4-16(2)25-20(26)19-10-8-17(9-11-19)14-24-21(22-3)23-12-5-13-27-15-18-6-7-18;/h8-11,16,18H,4-7,12-15H2,1-3H3,(H,25,26)(H2,22,23,24);1H. The molecule has 1 saturated carbocycles. The summed E-state index contributed by atoms with van der Waals surface area (Å²) in [5.41, 5.74) is 1.79. The average Bonchev–Trinajstić information content (AvgIpc) is 3.51. The Balaban J connectivity index is 0.00000392. The number of rotatable bonds is 11. The molecule has 2 rings (SSSR count). The second kappa shape index (κ2) is 13.8. The zero-order valence-corrected chi connectivity index (χ0v) is 19.6. The summed E-state index contributed by atoms with van der Waals surface area (Å²) in [7, 11) is 1.77. The van der Waals surface area contributed by atoms with Crippen molar-refractivity contribution in [2.24, 2.45) is 10.9 Å². The Morgan fingerprint density at radius 3 is 2.57 bits per heavy atom. The molecule has 1 aliphatic carbocycles. The van der Waals surface area contributed by atoms with Crippen LogP contribution in [0.1, 0.15) is 55.5 Å². The number of carbonyl (C=O) groups is 1. The Morgan fingerprint density at radius 1 is 1.25 bits per heavy atom. The summed E-state index contributed by atoms with van der Waals surface area (Å²) in [5, 5.41) is 9.57. The minimum absolute atomic E-state index is 0. The van der Waals surface area contributed by atoms with Gasteiger partial charge in [0.05, 0.1) is 0 Å². The zero-order valence-electron chi connectivity index (χ0n) is 17.3. The maximum absolute atomic E-state index is 12.1. The lowest BCUT2D eigenvalue weighted by atomic mass is 10.1. The minimum Gasteiger partial charge on any atom is -0.381 e. The fraction of sp³-hybridized carbons (Fsp3) is 0.619. The molecule has 1 aromatic rings. The summed E-state index contributed by atoms with van der Waals surface area (Å²) in [6, 6.07) is 7.85. The highest BCUT2D eigenvalue weighted by Gasteiger charge is 2.20. The quantitative estimate of drug-likeness (QED) is 0.188. The first-order valence-electron chi connectivity index (χ1n) is 10.0. The molecule has 0 bridgehead atoms. The highest BCUT2D eigenvalue weighted by Crippen LogP contribution is 2.28. The van der Waals surface area contributed by atoms with Crippen LogP contribution in [0.25, 0.3) is 0 Å². The first-order chi connectivity index (χ1) is 13.1. The van der Waals surface area contributed by atoms with Crippen LogP contribution in [0.3, 0.4) is 0 Å². The van der Waals surface area contributed by atoms with Gasteiger partial charge in [-0.1, -0.05) is 19.1 Å². The Labute approximate surface area is 186 Å². The van der Waals surface area contributed by atoms with Crippen molar-refractivity contribution in [1.29, 1.82) is 0 Å². The largest absolute Gasteiger partial charge is 0.381 e. The van der Waals surface area contributed by atoms with Crippen LogP contribution in [-0.2, 0) is 11.3 Å². The first-order valence-corrected chi connectivity index (χ1v) is 10.0. The predicted octanol–water partition coefficient (Wildman–Crippen LogP) is 3.31. The van der Waals surface area contributed by atoms with Gasteiger partial charge in [0.25, 0.3) is 5.91 Å². The van der Waals surface area contributed by atoms with E-state index in [2.05, 4.69) is 27.9 Å². The van der Waals surface area contributed by atoms with Crippen molar-refractivity contribution in [3.05, 3.63) is 35.4 Å². The summed E-state index contributed by atoms with van der Waals surface area (Å²) in [6.07, 6.45) is 4.55. The number of guanidine groups is 1. The third-order valence-corrected chi connectivity index (χ3v) is 4.70. The molecule has 1 atom stereocenters. The molecule has 7 heteroatoms. The van der Waals surface area contributed by atoms with Gasteiger partial charge in [-0.25, -0.2) is 0 Å². The number of hydrogen-bond acceptors (Lipinski definition) is 3. The van der Waals surface area contributed by atoms with Crippen molar-refractivity contribution in [2.45, 2.75) is 52.1 Å². The van der Waals surface area contributed by atoms with E-state index in [1.54, 1.807) is 7.05 Å². The first kappa shape index (κ1) is 24.7. The van der Waals surface area contributed by atoms with Gasteiger partial charge in [0.2, 0.25) is 0 Å². The SMILES string of the molecule is CCC(C)NC(=O)c1ccc(CNC(=NC)NCCCOCC2CC2)cc1.I. The van der Waals surface area contributed by atoms with Gasteiger partial charge in [0.1, 0.15) is 0 Å². The normalized spacial score (nSPS) is 14.8. The number of halogens is 1. The summed E-state index contributed by atoms with van der Waals surface area (Å²) in [4.78, 5) is 16.3. The lowest BCUT2D eigenvalue weighted by molar-refractivity contribution is 0.0939. The Bertz CT molecular complexity index is 603. The molecule has 158 valence electrons. The number of carbonyl (C=O) groups excluding carboxylic acids is 1. The van der Waals surface area contributed by atoms with Gasteiger partial charge < -0.3 is 20.7 Å². The zero-order chi connectivity index (χ0) is 19.5. The average molecular weight is 502 g/mol. The van der Waals surface area contributed by atoms with Crippen molar-refractivity contribution >= 4 is 35.8 Å². The van der Waals surface area contributed by atoms with Gasteiger partial charge in [0.15, 0.2) is 5.96 Å². The Morgan fingerprint density at radius 2 is 1.96 bits per heavy atom. The lowest BCUT2D eigenvalue weighted by Crippen LogP contribution is -2.37. The van der Waals surface area contributed by atoms with E-state index in [1.165, 1.54) is 12.8 Å². The fourth-order valence-electron chi connectivity index (χ4n) is 2.51. The minimum atomic E-state index is -0.0229. The van der Waals surface area contributed by atoms with E-state index >= 15 is 0 Å². The Hall–Kier alpha value is -1.35. The van der Waals surface area contributed by atoms with E-state index in [4.69, 9.17) is 4.74 Å². The van der Waals surface area contributed by atoms with Crippen LogP contribution in [0.15, 0.2) is 29.3 Å².